The lowest BCUT2D eigenvalue weighted by Gasteiger charge is -2.16. The van der Waals surface area contributed by atoms with Crippen molar-refractivity contribution in [3.8, 4) is 0 Å². The van der Waals surface area contributed by atoms with Crippen LogP contribution in [-0.2, 0) is 20.8 Å². The van der Waals surface area contributed by atoms with Crippen LogP contribution in [0.5, 0.6) is 0 Å². The molecule has 1 aromatic carbocycles. The lowest BCUT2D eigenvalue weighted by Crippen LogP contribution is -2.37. The number of hydrogen-bond donors (Lipinski definition) is 2. The Kier molecular flexibility index (Phi) is 10.0. The highest BCUT2D eigenvalue weighted by Gasteiger charge is 2.21. The minimum Gasteiger partial charge on any atom is -0.379 e. The summed E-state index contributed by atoms with van der Waals surface area (Å²) in [5, 5.41) is 6.61. The van der Waals surface area contributed by atoms with Gasteiger partial charge in [-0.05, 0) is 37.0 Å². The van der Waals surface area contributed by atoms with Gasteiger partial charge in [0.2, 0.25) is 5.91 Å². The van der Waals surface area contributed by atoms with Gasteiger partial charge in [-0.3, -0.25) is 9.79 Å². The molecule has 2 heterocycles. The van der Waals surface area contributed by atoms with Crippen LogP contribution in [0.1, 0.15) is 31.2 Å². The van der Waals surface area contributed by atoms with E-state index in [1.165, 1.54) is 0 Å². The highest BCUT2D eigenvalue weighted by molar-refractivity contribution is 14.0. The highest BCUT2D eigenvalue weighted by atomic mass is 127. The first kappa shape index (κ1) is 22.9. The number of nitrogens with zero attached hydrogens (tertiary/aromatic N) is 2. The van der Waals surface area contributed by atoms with Crippen LogP contribution in [0.2, 0.25) is 0 Å². The maximum Gasteiger partial charge on any atom is 0.227 e. The van der Waals surface area contributed by atoms with E-state index in [0.717, 1.165) is 69.4 Å². The monoisotopic (exact) mass is 502 g/mol. The number of amides is 1. The number of rotatable bonds is 8. The number of carbonyl (C=O) groups is 1. The highest BCUT2D eigenvalue weighted by Crippen LogP contribution is 2.21. The molecule has 0 spiro atoms. The molecule has 0 radical (unpaired) electrons. The van der Waals surface area contributed by atoms with Crippen LogP contribution >= 0.6 is 24.0 Å². The fourth-order valence-corrected chi connectivity index (χ4v) is 3.29. The molecule has 2 aliphatic heterocycles. The van der Waals surface area contributed by atoms with Crippen molar-refractivity contribution in [3.63, 3.8) is 0 Å². The van der Waals surface area contributed by atoms with E-state index in [9.17, 15) is 4.79 Å². The maximum atomic E-state index is 11.8. The number of benzene rings is 1. The Hall–Kier alpha value is -1.39. The van der Waals surface area contributed by atoms with Gasteiger partial charge < -0.3 is 25.0 Å². The van der Waals surface area contributed by atoms with Gasteiger partial charge in [0, 0.05) is 52.0 Å². The largest absolute Gasteiger partial charge is 0.379 e. The molecule has 1 aromatic rings. The van der Waals surface area contributed by atoms with E-state index < -0.39 is 0 Å². The van der Waals surface area contributed by atoms with Crippen molar-refractivity contribution in [1.29, 1.82) is 0 Å². The Morgan fingerprint density at radius 3 is 2.79 bits per heavy atom. The Morgan fingerprint density at radius 1 is 1.32 bits per heavy atom. The smallest absolute Gasteiger partial charge is 0.227 e. The summed E-state index contributed by atoms with van der Waals surface area (Å²) in [5.41, 5.74) is 2.13. The van der Waals surface area contributed by atoms with Gasteiger partial charge in [-0.1, -0.05) is 12.1 Å². The summed E-state index contributed by atoms with van der Waals surface area (Å²) >= 11 is 0. The molecule has 8 heteroatoms. The summed E-state index contributed by atoms with van der Waals surface area (Å²) in [4.78, 5) is 17.9. The maximum absolute atomic E-state index is 11.8. The lowest BCUT2D eigenvalue weighted by atomic mass is 10.2. The third-order valence-electron chi connectivity index (χ3n) is 4.86. The van der Waals surface area contributed by atoms with Crippen LogP contribution in [-0.4, -0.2) is 57.9 Å². The fraction of sp³-hybridized carbons (Fsp3) is 0.600. The zero-order valence-electron chi connectivity index (χ0n) is 16.5. The van der Waals surface area contributed by atoms with Gasteiger partial charge in [0.25, 0.3) is 0 Å². The van der Waals surface area contributed by atoms with E-state index in [-0.39, 0.29) is 36.0 Å². The average Bonchev–Trinajstić information content (AvgIpc) is 3.36. The predicted octanol–water partition coefficient (Wildman–Crippen LogP) is 2.29. The Morgan fingerprint density at radius 2 is 2.14 bits per heavy atom. The molecular formula is C20H31IN4O3. The van der Waals surface area contributed by atoms with Gasteiger partial charge in [0.15, 0.2) is 5.96 Å². The SMILES string of the molecule is CN=C(NCCCOC1CCOC1)NCc1ccc(N2CCCC2=O)cc1.I. The number of nitrogens with one attached hydrogen (secondary N) is 2. The third-order valence-corrected chi connectivity index (χ3v) is 4.86. The number of ether oxygens (including phenoxy) is 2. The molecule has 156 valence electrons. The predicted molar refractivity (Wildman–Crippen MR) is 121 cm³/mol. The normalized spacial score (nSPS) is 19.6. The number of guanidine groups is 1. The second-order valence-electron chi connectivity index (χ2n) is 6.88. The number of hydrogen-bond acceptors (Lipinski definition) is 4. The second-order valence-corrected chi connectivity index (χ2v) is 6.88. The molecule has 1 unspecified atom stereocenters. The van der Waals surface area contributed by atoms with Crippen molar-refractivity contribution in [2.24, 2.45) is 4.99 Å². The Balaban J connectivity index is 0.00000280. The molecule has 28 heavy (non-hydrogen) atoms. The molecule has 0 aliphatic carbocycles. The average molecular weight is 502 g/mol. The molecule has 2 N–H and O–H groups in total. The van der Waals surface area contributed by atoms with Crippen LogP contribution in [0.15, 0.2) is 29.3 Å². The first-order chi connectivity index (χ1) is 13.3. The lowest BCUT2D eigenvalue weighted by molar-refractivity contribution is -0.117. The van der Waals surface area contributed by atoms with Crippen molar-refractivity contribution in [1.82, 2.24) is 10.6 Å². The molecule has 7 nitrogen and oxygen atoms in total. The Labute approximate surface area is 184 Å². The Bertz CT molecular complexity index is 633. The van der Waals surface area contributed by atoms with Crippen LogP contribution in [0, 0.1) is 0 Å². The van der Waals surface area contributed by atoms with E-state index in [1.54, 1.807) is 7.05 Å². The van der Waals surface area contributed by atoms with Gasteiger partial charge in [0.1, 0.15) is 0 Å². The first-order valence-electron chi connectivity index (χ1n) is 9.79. The number of aliphatic imine (C=N–C) groups is 1. The molecule has 0 saturated carbocycles. The molecule has 2 aliphatic rings. The number of halogens is 1. The molecule has 0 aromatic heterocycles. The van der Waals surface area contributed by atoms with Gasteiger partial charge in [0.05, 0.1) is 12.7 Å². The minimum absolute atomic E-state index is 0. The zero-order valence-corrected chi connectivity index (χ0v) is 18.8. The molecule has 1 atom stereocenters. The van der Waals surface area contributed by atoms with E-state index in [1.807, 2.05) is 17.0 Å². The van der Waals surface area contributed by atoms with Gasteiger partial charge in [-0.15, -0.1) is 24.0 Å². The summed E-state index contributed by atoms with van der Waals surface area (Å²) < 4.78 is 11.1. The van der Waals surface area contributed by atoms with Crippen molar-refractivity contribution < 1.29 is 14.3 Å². The van der Waals surface area contributed by atoms with Gasteiger partial charge in [-0.25, -0.2) is 0 Å². The van der Waals surface area contributed by atoms with Gasteiger partial charge in [-0.2, -0.15) is 0 Å². The molecule has 2 fully saturated rings. The van der Waals surface area contributed by atoms with Crippen LogP contribution in [0.3, 0.4) is 0 Å². The quantitative estimate of drug-likeness (QED) is 0.247. The topological polar surface area (TPSA) is 75.2 Å². The van der Waals surface area contributed by atoms with Crippen molar-refractivity contribution in [3.05, 3.63) is 29.8 Å². The minimum atomic E-state index is 0. The summed E-state index contributed by atoms with van der Waals surface area (Å²) in [6.45, 7) is 4.59. The molecule has 3 rings (SSSR count). The van der Waals surface area contributed by atoms with Crippen molar-refractivity contribution >= 4 is 41.5 Å². The first-order valence-corrected chi connectivity index (χ1v) is 9.79. The van der Waals surface area contributed by atoms with Crippen LogP contribution in [0.4, 0.5) is 5.69 Å². The summed E-state index contributed by atoms with van der Waals surface area (Å²) in [6.07, 6.45) is 3.80. The van der Waals surface area contributed by atoms with Crippen LogP contribution in [0.25, 0.3) is 0 Å². The molecule has 0 bridgehead atoms. The number of anilines is 1. The van der Waals surface area contributed by atoms with Crippen LogP contribution < -0.4 is 15.5 Å². The second kappa shape index (κ2) is 12.2. The molecule has 2 saturated heterocycles. The standard InChI is InChI=1S/C20H30N4O3.HI/c1-21-20(22-10-3-12-27-18-9-13-26-15-18)23-14-16-5-7-17(8-6-16)24-11-2-4-19(24)25;/h5-8,18H,2-4,9-15H2,1H3,(H2,21,22,23);1H. The third kappa shape index (κ3) is 6.89. The summed E-state index contributed by atoms with van der Waals surface area (Å²) in [7, 11) is 1.77. The zero-order chi connectivity index (χ0) is 18.9. The summed E-state index contributed by atoms with van der Waals surface area (Å²) in [5.74, 6) is 0.993. The van der Waals surface area contributed by atoms with Gasteiger partial charge >= 0.3 is 0 Å². The molecular weight excluding hydrogens is 471 g/mol. The fourth-order valence-electron chi connectivity index (χ4n) is 3.29. The van der Waals surface area contributed by atoms with E-state index in [2.05, 4.69) is 27.8 Å². The van der Waals surface area contributed by atoms with Crippen molar-refractivity contribution in [2.75, 3.05) is 44.9 Å². The van der Waals surface area contributed by atoms with Crippen molar-refractivity contribution in [2.45, 2.75) is 38.3 Å². The summed E-state index contributed by atoms with van der Waals surface area (Å²) in [6, 6.07) is 8.14. The van der Waals surface area contributed by atoms with E-state index >= 15 is 0 Å². The number of carbonyl (C=O) groups excluding carboxylic acids is 1. The van der Waals surface area contributed by atoms with E-state index in [4.69, 9.17) is 9.47 Å². The molecule has 1 amide bonds. The van der Waals surface area contributed by atoms with E-state index in [0.29, 0.717) is 13.0 Å².